The summed E-state index contributed by atoms with van der Waals surface area (Å²) < 4.78 is 0. The predicted octanol–water partition coefficient (Wildman–Crippen LogP) is 2.87. The molecule has 0 aromatic rings. The Morgan fingerprint density at radius 1 is 1.20 bits per heavy atom. The highest BCUT2D eigenvalue weighted by Gasteiger charge is 2.62. The minimum Gasteiger partial charge on any atom is -0.394 e. The Morgan fingerprint density at radius 3 is 2.25 bits per heavy atom. The molecule has 0 heterocycles. The summed E-state index contributed by atoms with van der Waals surface area (Å²) in [6, 6.07) is -0.0730. The van der Waals surface area contributed by atoms with Crippen LogP contribution in [0, 0.1) is 22.2 Å². The molecule has 3 heteroatoms. The number of rotatable bonds is 4. The van der Waals surface area contributed by atoms with Gasteiger partial charge in [0.2, 0.25) is 5.91 Å². The predicted molar refractivity (Wildman–Crippen MR) is 79.1 cm³/mol. The molecule has 0 saturated heterocycles. The van der Waals surface area contributed by atoms with Crippen molar-refractivity contribution in [3.63, 3.8) is 0 Å². The maximum Gasteiger partial charge on any atom is 0.226 e. The van der Waals surface area contributed by atoms with Crippen LogP contribution in [-0.2, 0) is 4.79 Å². The summed E-state index contributed by atoms with van der Waals surface area (Å²) in [7, 11) is 0. The van der Waals surface area contributed by atoms with Crippen LogP contribution in [-0.4, -0.2) is 23.7 Å². The first-order chi connectivity index (χ1) is 9.32. The molecule has 4 bridgehead atoms. The van der Waals surface area contributed by atoms with Crippen molar-refractivity contribution < 1.29 is 9.90 Å². The van der Waals surface area contributed by atoms with Crippen LogP contribution in [0.1, 0.15) is 65.7 Å². The molecule has 0 spiro atoms. The van der Waals surface area contributed by atoms with Gasteiger partial charge in [-0.05, 0) is 61.7 Å². The highest BCUT2D eigenvalue weighted by Crippen LogP contribution is 2.69. The maximum absolute atomic E-state index is 12.9. The Balaban J connectivity index is 1.83. The van der Waals surface area contributed by atoms with E-state index in [1.165, 1.54) is 19.3 Å². The molecule has 0 aliphatic heterocycles. The van der Waals surface area contributed by atoms with Gasteiger partial charge in [-0.25, -0.2) is 0 Å². The molecule has 0 aromatic carbocycles. The van der Waals surface area contributed by atoms with E-state index in [0.717, 1.165) is 31.6 Å². The van der Waals surface area contributed by atoms with Crippen LogP contribution in [0.4, 0.5) is 0 Å². The lowest BCUT2D eigenvalue weighted by molar-refractivity contribution is -0.171. The first-order valence-electron chi connectivity index (χ1n) is 8.24. The quantitative estimate of drug-likeness (QED) is 0.831. The average molecular weight is 279 g/mol. The van der Waals surface area contributed by atoms with Crippen LogP contribution < -0.4 is 5.32 Å². The number of hydrogen-bond acceptors (Lipinski definition) is 2. The van der Waals surface area contributed by atoms with Crippen molar-refractivity contribution in [2.45, 2.75) is 71.8 Å². The Bertz CT molecular complexity index is 397. The molecule has 4 aliphatic carbocycles. The zero-order valence-corrected chi connectivity index (χ0v) is 13.2. The van der Waals surface area contributed by atoms with Crippen LogP contribution in [0.25, 0.3) is 0 Å². The van der Waals surface area contributed by atoms with Crippen molar-refractivity contribution in [2.75, 3.05) is 6.61 Å². The molecule has 20 heavy (non-hydrogen) atoms. The normalized spacial score (nSPS) is 47.3. The fourth-order valence-electron chi connectivity index (χ4n) is 6.32. The second kappa shape index (κ2) is 4.46. The van der Waals surface area contributed by atoms with E-state index in [1.54, 1.807) is 0 Å². The standard InChI is InChI=1S/C17H29NO2/c1-4-13(8-19)18-14(20)17-7-12-5-15(2,10-17)9-16(3,6-12)11-17/h12-13,19H,4-11H2,1-3H3,(H,18,20)/t12?,13-,15?,16?,17?/m1/s1. The molecular formula is C17H29NO2. The summed E-state index contributed by atoms with van der Waals surface area (Å²) in [5.74, 6) is 0.959. The second-order valence-electron chi connectivity index (χ2n) is 8.67. The summed E-state index contributed by atoms with van der Waals surface area (Å²) in [5, 5.41) is 12.5. The van der Waals surface area contributed by atoms with Gasteiger partial charge >= 0.3 is 0 Å². The average Bonchev–Trinajstić information content (AvgIpc) is 2.31. The van der Waals surface area contributed by atoms with Gasteiger partial charge in [0, 0.05) is 0 Å². The van der Waals surface area contributed by atoms with Gasteiger partial charge in [0.05, 0.1) is 18.1 Å². The summed E-state index contributed by atoms with van der Waals surface area (Å²) in [4.78, 5) is 12.9. The van der Waals surface area contributed by atoms with Gasteiger partial charge in [-0.3, -0.25) is 4.79 Å². The first kappa shape index (κ1) is 14.4. The van der Waals surface area contributed by atoms with Gasteiger partial charge in [-0.1, -0.05) is 20.8 Å². The molecule has 4 aliphatic rings. The number of aliphatic hydroxyl groups is 1. The van der Waals surface area contributed by atoms with Crippen molar-refractivity contribution in [1.82, 2.24) is 5.32 Å². The van der Waals surface area contributed by atoms with Crippen molar-refractivity contribution in [1.29, 1.82) is 0 Å². The summed E-state index contributed by atoms with van der Waals surface area (Å²) in [6.45, 7) is 6.85. The van der Waals surface area contributed by atoms with E-state index in [2.05, 4.69) is 19.2 Å². The second-order valence-corrected chi connectivity index (χ2v) is 8.67. The number of hydrogen-bond donors (Lipinski definition) is 2. The number of carbonyl (C=O) groups excluding carboxylic acids is 1. The van der Waals surface area contributed by atoms with E-state index in [1.807, 2.05) is 6.92 Å². The smallest absolute Gasteiger partial charge is 0.226 e. The maximum atomic E-state index is 12.9. The van der Waals surface area contributed by atoms with E-state index in [4.69, 9.17) is 0 Å². The SMILES string of the molecule is CC[C@H](CO)NC(=O)C12CC3CC(C)(CC(C)(C3)C1)C2. The molecule has 1 amide bonds. The molecule has 3 atom stereocenters. The zero-order chi connectivity index (χ0) is 14.6. The van der Waals surface area contributed by atoms with Crippen molar-refractivity contribution in [3.05, 3.63) is 0 Å². The van der Waals surface area contributed by atoms with Gasteiger partial charge in [0.25, 0.3) is 0 Å². The molecule has 4 rings (SSSR count). The fourth-order valence-corrected chi connectivity index (χ4v) is 6.32. The molecule has 0 aromatic heterocycles. The van der Waals surface area contributed by atoms with Crippen molar-refractivity contribution in [3.8, 4) is 0 Å². The number of aliphatic hydroxyl groups excluding tert-OH is 1. The summed E-state index contributed by atoms with van der Waals surface area (Å²) in [6.07, 6.45) is 7.91. The molecule has 3 nitrogen and oxygen atoms in total. The molecule has 0 radical (unpaired) electrons. The Kier molecular flexibility index (Phi) is 3.20. The van der Waals surface area contributed by atoms with Crippen molar-refractivity contribution >= 4 is 5.91 Å². The van der Waals surface area contributed by atoms with Gasteiger partial charge in [0.15, 0.2) is 0 Å². The van der Waals surface area contributed by atoms with Gasteiger partial charge in [0.1, 0.15) is 0 Å². The first-order valence-corrected chi connectivity index (χ1v) is 8.24. The fraction of sp³-hybridized carbons (Fsp3) is 0.941. The lowest BCUT2D eigenvalue weighted by Crippen LogP contribution is -2.60. The van der Waals surface area contributed by atoms with Crippen molar-refractivity contribution in [2.24, 2.45) is 22.2 Å². The number of carbonyl (C=O) groups is 1. The molecule has 4 fully saturated rings. The van der Waals surface area contributed by atoms with E-state index in [9.17, 15) is 9.90 Å². The molecule has 2 N–H and O–H groups in total. The Hall–Kier alpha value is -0.570. The van der Waals surface area contributed by atoms with Gasteiger partial charge in [-0.15, -0.1) is 0 Å². The minimum atomic E-state index is -0.147. The lowest BCUT2D eigenvalue weighted by Gasteiger charge is -2.64. The monoisotopic (exact) mass is 279 g/mol. The van der Waals surface area contributed by atoms with E-state index >= 15 is 0 Å². The van der Waals surface area contributed by atoms with Crippen LogP contribution in [0.3, 0.4) is 0 Å². The topological polar surface area (TPSA) is 49.3 Å². The van der Waals surface area contributed by atoms with Gasteiger partial charge < -0.3 is 10.4 Å². The molecule has 4 saturated carbocycles. The largest absolute Gasteiger partial charge is 0.394 e. The third-order valence-corrected chi connectivity index (χ3v) is 6.16. The highest BCUT2D eigenvalue weighted by molar-refractivity contribution is 5.83. The molecule has 114 valence electrons. The third-order valence-electron chi connectivity index (χ3n) is 6.16. The summed E-state index contributed by atoms with van der Waals surface area (Å²) in [5.41, 5.74) is 0.588. The molecule has 2 unspecified atom stereocenters. The zero-order valence-electron chi connectivity index (χ0n) is 13.2. The minimum absolute atomic E-state index is 0.0519. The van der Waals surface area contributed by atoms with E-state index in [0.29, 0.717) is 10.8 Å². The van der Waals surface area contributed by atoms with E-state index < -0.39 is 0 Å². The van der Waals surface area contributed by atoms with Crippen LogP contribution >= 0.6 is 0 Å². The van der Waals surface area contributed by atoms with Crippen LogP contribution in [0.5, 0.6) is 0 Å². The van der Waals surface area contributed by atoms with Crippen LogP contribution in [0.15, 0.2) is 0 Å². The van der Waals surface area contributed by atoms with E-state index in [-0.39, 0.29) is 24.0 Å². The van der Waals surface area contributed by atoms with Crippen LogP contribution in [0.2, 0.25) is 0 Å². The molecular weight excluding hydrogens is 250 g/mol. The lowest BCUT2D eigenvalue weighted by atomic mass is 9.40. The third kappa shape index (κ3) is 2.18. The highest BCUT2D eigenvalue weighted by atomic mass is 16.3. The Labute approximate surface area is 122 Å². The summed E-state index contributed by atoms with van der Waals surface area (Å²) >= 11 is 0. The Morgan fingerprint density at radius 2 is 1.80 bits per heavy atom. The number of nitrogens with one attached hydrogen (secondary N) is 1. The van der Waals surface area contributed by atoms with Gasteiger partial charge in [-0.2, -0.15) is 0 Å². The number of amides is 1.